The smallest absolute Gasteiger partial charge is 0.335 e. The summed E-state index contributed by atoms with van der Waals surface area (Å²) in [5.41, 5.74) is 4.05. The molecule has 4 rings (SSSR count). The van der Waals surface area contributed by atoms with Gasteiger partial charge in [0.15, 0.2) is 0 Å². The van der Waals surface area contributed by atoms with E-state index in [1.165, 1.54) is 11.6 Å². The molecule has 3 aromatic rings. The van der Waals surface area contributed by atoms with E-state index in [0.717, 1.165) is 23.4 Å². The Bertz CT molecular complexity index is 1190. The minimum absolute atomic E-state index is 0.0878. The predicted molar refractivity (Wildman–Crippen MR) is 124 cm³/mol. The molecule has 2 heterocycles. The number of pyridine rings is 1. The number of nitrogens with zero attached hydrogens (tertiary/aromatic N) is 2. The third-order valence-corrected chi connectivity index (χ3v) is 6.40. The molecule has 0 bridgehead atoms. The van der Waals surface area contributed by atoms with Crippen LogP contribution >= 0.6 is 23.2 Å². The predicted octanol–water partition coefficient (Wildman–Crippen LogP) is 5.05. The standard InChI is InChI=1S/C24H22Cl2N2O3/c1-15-12-18-4-2-3-5-21(18)28(15)14-22-19(25)13-20(26)23(29)27(22)11-10-16-6-8-17(9-7-16)24(30)31/h2-9,13,15H,10-12,14H2,1H3,(H,30,31). The van der Waals surface area contributed by atoms with E-state index in [4.69, 9.17) is 28.3 Å². The zero-order chi connectivity index (χ0) is 22.1. The largest absolute Gasteiger partial charge is 0.478 e. The Morgan fingerprint density at radius 1 is 1.10 bits per heavy atom. The second-order valence-corrected chi connectivity index (χ2v) is 8.62. The van der Waals surface area contributed by atoms with Gasteiger partial charge in [-0.15, -0.1) is 0 Å². The molecule has 7 heteroatoms. The van der Waals surface area contributed by atoms with Gasteiger partial charge in [-0.3, -0.25) is 4.79 Å². The van der Waals surface area contributed by atoms with Crippen molar-refractivity contribution in [1.82, 2.24) is 4.57 Å². The molecule has 1 unspecified atom stereocenters. The number of para-hydroxylation sites is 1. The van der Waals surface area contributed by atoms with Crippen molar-refractivity contribution < 1.29 is 9.90 Å². The summed E-state index contributed by atoms with van der Waals surface area (Å²) >= 11 is 12.7. The number of rotatable bonds is 6. The highest BCUT2D eigenvalue weighted by Crippen LogP contribution is 2.34. The van der Waals surface area contributed by atoms with Crippen molar-refractivity contribution in [1.29, 1.82) is 0 Å². The van der Waals surface area contributed by atoms with Crippen LogP contribution in [-0.4, -0.2) is 21.7 Å². The molecule has 1 aliphatic rings. The Hall–Kier alpha value is -2.76. The normalized spacial score (nSPS) is 15.2. The van der Waals surface area contributed by atoms with Crippen molar-refractivity contribution in [3.63, 3.8) is 0 Å². The Kier molecular flexibility index (Phi) is 6.08. The second-order valence-electron chi connectivity index (χ2n) is 7.81. The molecule has 0 saturated carbocycles. The lowest BCUT2D eigenvalue weighted by molar-refractivity contribution is 0.0697. The third-order valence-electron chi connectivity index (χ3n) is 5.80. The molecule has 1 aromatic heterocycles. The topological polar surface area (TPSA) is 62.5 Å². The Labute approximate surface area is 190 Å². The first-order valence-corrected chi connectivity index (χ1v) is 10.8. The molecule has 160 valence electrons. The van der Waals surface area contributed by atoms with Crippen LogP contribution in [0.25, 0.3) is 0 Å². The van der Waals surface area contributed by atoms with Gasteiger partial charge in [-0.2, -0.15) is 0 Å². The van der Waals surface area contributed by atoms with Crippen LogP contribution in [-0.2, 0) is 25.9 Å². The molecule has 0 amide bonds. The van der Waals surface area contributed by atoms with Crippen LogP contribution in [0.2, 0.25) is 10.0 Å². The van der Waals surface area contributed by atoms with Crippen molar-refractivity contribution in [2.45, 2.75) is 38.9 Å². The van der Waals surface area contributed by atoms with Crippen LogP contribution in [0.4, 0.5) is 5.69 Å². The number of anilines is 1. The number of aryl methyl sites for hydroxylation is 1. The number of fused-ring (bicyclic) bond motifs is 1. The van der Waals surface area contributed by atoms with Gasteiger partial charge in [-0.25, -0.2) is 4.79 Å². The van der Waals surface area contributed by atoms with Gasteiger partial charge in [0, 0.05) is 18.3 Å². The van der Waals surface area contributed by atoms with Gasteiger partial charge in [-0.05, 0) is 55.2 Å². The zero-order valence-corrected chi connectivity index (χ0v) is 18.5. The lowest BCUT2D eigenvalue weighted by Crippen LogP contribution is -2.33. The first-order valence-electron chi connectivity index (χ1n) is 10.1. The molecule has 1 aliphatic heterocycles. The van der Waals surface area contributed by atoms with Gasteiger partial charge in [0.2, 0.25) is 0 Å². The van der Waals surface area contributed by atoms with Crippen LogP contribution < -0.4 is 10.5 Å². The summed E-state index contributed by atoms with van der Waals surface area (Å²) in [4.78, 5) is 26.2. The van der Waals surface area contributed by atoms with Crippen LogP contribution in [0.5, 0.6) is 0 Å². The quantitative estimate of drug-likeness (QED) is 0.563. The number of halogens is 2. The van der Waals surface area contributed by atoms with Gasteiger partial charge < -0.3 is 14.6 Å². The number of carboxylic acid groups (broad SMARTS) is 1. The van der Waals surface area contributed by atoms with Gasteiger partial charge in [0.1, 0.15) is 5.02 Å². The molecule has 31 heavy (non-hydrogen) atoms. The van der Waals surface area contributed by atoms with Gasteiger partial charge in [0.05, 0.1) is 22.8 Å². The minimum atomic E-state index is -0.966. The molecule has 0 radical (unpaired) electrons. The minimum Gasteiger partial charge on any atom is -0.478 e. The number of hydrogen-bond donors (Lipinski definition) is 1. The first-order chi connectivity index (χ1) is 14.8. The highest BCUT2D eigenvalue weighted by atomic mass is 35.5. The van der Waals surface area contributed by atoms with E-state index in [0.29, 0.717) is 24.5 Å². The highest BCUT2D eigenvalue weighted by molar-refractivity contribution is 6.34. The fourth-order valence-electron chi connectivity index (χ4n) is 4.12. The second kappa shape index (κ2) is 8.77. The summed E-state index contributed by atoms with van der Waals surface area (Å²) in [6, 6.07) is 16.7. The molecule has 5 nitrogen and oxygen atoms in total. The summed E-state index contributed by atoms with van der Waals surface area (Å²) in [6.07, 6.45) is 1.50. The Balaban J connectivity index is 1.64. The van der Waals surface area contributed by atoms with E-state index in [-0.39, 0.29) is 22.2 Å². The molecule has 0 spiro atoms. The van der Waals surface area contributed by atoms with Gasteiger partial charge >= 0.3 is 5.97 Å². The van der Waals surface area contributed by atoms with E-state index < -0.39 is 5.97 Å². The van der Waals surface area contributed by atoms with E-state index in [9.17, 15) is 9.59 Å². The fraction of sp³-hybridized carbons (Fsp3) is 0.250. The van der Waals surface area contributed by atoms with E-state index in [1.54, 1.807) is 28.8 Å². The van der Waals surface area contributed by atoms with Crippen molar-refractivity contribution in [2.75, 3.05) is 4.90 Å². The fourth-order valence-corrected chi connectivity index (χ4v) is 4.66. The average Bonchev–Trinajstić information content (AvgIpc) is 3.07. The van der Waals surface area contributed by atoms with Crippen LogP contribution in [0.1, 0.15) is 34.1 Å². The summed E-state index contributed by atoms with van der Waals surface area (Å²) < 4.78 is 1.64. The Morgan fingerprint density at radius 2 is 1.81 bits per heavy atom. The van der Waals surface area contributed by atoms with E-state index in [1.807, 2.05) is 12.1 Å². The van der Waals surface area contributed by atoms with Crippen LogP contribution in [0.15, 0.2) is 59.4 Å². The lowest BCUT2D eigenvalue weighted by Gasteiger charge is -2.27. The maximum atomic E-state index is 12.9. The highest BCUT2D eigenvalue weighted by Gasteiger charge is 2.27. The molecular formula is C24H22Cl2N2O3. The monoisotopic (exact) mass is 456 g/mol. The zero-order valence-electron chi connectivity index (χ0n) is 17.0. The molecule has 0 saturated heterocycles. The maximum absolute atomic E-state index is 12.9. The summed E-state index contributed by atoms with van der Waals surface area (Å²) in [5, 5.41) is 9.61. The van der Waals surface area contributed by atoms with Crippen LogP contribution in [0.3, 0.4) is 0 Å². The molecule has 1 N–H and O–H groups in total. The number of benzene rings is 2. The van der Waals surface area contributed by atoms with Gasteiger partial charge in [0.25, 0.3) is 5.56 Å². The number of hydrogen-bond acceptors (Lipinski definition) is 3. The molecular weight excluding hydrogens is 435 g/mol. The number of aromatic carboxylic acids is 1. The molecule has 0 aliphatic carbocycles. The number of aromatic nitrogens is 1. The van der Waals surface area contributed by atoms with Gasteiger partial charge in [-0.1, -0.05) is 53.5 Å². The van der Waals surface area contributed by atoms with E-state index >= 15 is 0 Å². The Morgan fingerprint density at radius 3 is 2.52 bits per heavy atom. The number of carboxylic acids is 1. The third kappa shape index (κ3) is 4.34. The molecule has 1 atom stereocenters. The SMILES string of the molecule is CC1Cc2ccccc2N1Cc1c(Cl)cc(Cl)c(=O)n1CCc1ccc(C(=O)O)cc1. The summed E-state index contributed by atoms with van der Waals surface area (Å²) in [7, 11) is 0. The van der Waals surface area contributed by atoms with Crippen molar-refractivity contribution in [2.24, 2.45) is 0 Å². The first kappa shape index (κ1) is 21.5. The van der Waals surface area contributed by atoms with Crippen molar-refractivity contribution >= 4 is 34.9 Å². The molecule has 2 aromatic carbocycles. The average molecular weight is 457 g/mol. The van der Waals surface area contributed by atoms with Crippen molar-refractivity contribution in [3.8, 4) is 0 Å². The number of carbonyl (C=O) groups is 1. The van der Waals surface area contributed by atoms with Crippen molar-refractivity contribution in [3.05, 3.63) is 97.4 Å². The summed E-state index contributed by atoms with van der Waals surface area (Å²) in [6.45, 7) is 3.06. The lowest BCUT2D eigenvalue weighted by atomic mass is 10.1. The summed E-state index contributed by atoms with van der Waals surface area (Å²) in [5.74, 6) is -0.966. The van der Waals surface area contributed by atoms with Crippen LogP contribution in [0, 0.1) is 0 Å². The maximum Gasteiger partial charge on any atom is 0.335 e. The molecule has 0 fully saturated rings. The van der Waals surface area contributed by atoms with E-state index in [2.05, 4.69) is 24.0 Å².